The Balaban J connectivity index is 1.73. The van der Waals surface area contributed by atoms with Crippen LogP contribution in [-0.4, -0.2) is 56.3 Å². The van der Waals surface area contributed by atoms with Gasteiger partial charge in [0.1, 0.15) is 0 Å². The van der Waals surface area contributed by atoms with Gasteiger partial charge in [-0.2, -0.15) is 4.31 Å². The Morgan fingerprint density at radius 1 is 1.09 bits per heavy atom. The van der Waals surface area contributed by atoms with E-state index >= 15 is 0 Å². The van der Waals surface area contributed by atoms with E-state index in [1.165, 1.54) is 15.6 Å². The summed E-state index contributed by atoms with van der Waals surface area (Å²) in [7, 11) is -1.97. The van der Waals surface area contributed by atoms with E-state index in [4.69, 9.17) is 14.5 Å². The molecule has 176 valence electrons. The van der Waals surface area contributed by atoms with E-state index in [-0.39, 0.29) is 17.1 Å². The van der Waals surface area contributed by atoms with Gasteiger partial charge in [-0.05, 0) is 38.1 Å². The van der Waals surface area contributed by atoms with Gasteiger partial charge in [-0.15, -0.1) is 11.3 Å². The molecule has 1 aliphatic heterocycles. The summed E-state index contributed by atoms with van der Waals surface area (Å²) in [6, 6.07) is 16.9. The molecule has 33 heavy (non-hydrogen) atoms. The maximum atomic E-state index is 13.4. The summed E-state index contributed by atoms with van der Waals surface area (Å²) in [5, 5.41) is 2.02. The average Bonchev–Trinajstić information content (AvgIpc) is 3.20. The van der Waals surface area contributed by atoms with Crippen LogP contribution < -0.4 is 4.80 Å². The van der Waals surface area contributed by atoms with Crippen LogP contribution in [0.3, 0.4) is 0 Å². The van der Waals surface area contributed by atoms with E-state index < -0.39 is 10.0 Å². The summed E-state index contributed by atoms with van der Waals surface area (Å²) in [6.45, 7) is 5.63. The van der Waals surface area contributed by atoms with Crippen molar-refractivity contribution in [1.29, 1.82) is 0 Å². The third-order valence-electron chi connectivity index (χ3n) is 5.45. The number of hydrogen-bond acceptors (Lipinski definition) is 6. The van der Waals surface area contributed by atoms with Gasteiger partial charge < -0.3 is 14.0 Å². The number of rotatable bonds is 7. The molecule has 2 atom stereocenters. The van der Waals surface area contributed by atoms with Crippen molar-refractivity contribution in [2.75, 3.05) is 26.8 Å². The second-order valence-corrected chi connectivity index (χ2v) is 10.9. The van der Waals surface area contributed by atoms with E-state index in [0.717, 1.165) is 21.7 Å². The Morgan fingerprint density at radius 2 is 1.82 bits per heavy atom. The Bertz CT molecular complexity index is 1240. The number of benzene rings is 2. The Morgan fingerprint density at radius 3 is 2.52 bits per heavy atom. The van der Waals surface area contributed by atoms with E-state index in [0.29, 0.717) is 26.2 Å². The number of nitrogens with zero attached hydrogens (tertiary/aromatic N) is 3. The van der Waals surface area contributed by atoms with Crippen LogP contribution in [0.15, 0.2) is 69.9 Å². The molecule has 0 spiro atoms. The highest BCUT2D eigenvalue weighted by molar-refractivity contribution is 7.89. The minimum Gasteiger partial charge on any atom is -0.383 e. The number of ether oxygens (including phenoxy) is 2. The summed E-state index contributed by atoms with van der Waals surface area (Å²) in [5.74, 6) is 0. The van der Waals surface area contributed by atoms with Crippen LogP contribution in [0.2, 0.25) is 0 Å². The van der Waals surface area contributed by atoms with Gasteiger partial charge in [-0.25, -0.2) is 13.4 Å². The molecule has 0 amide bonds. The SMILES string of the molecule is COCCn1c(-c2cccc(S(=O)(=O)N3CC(C)OC(C)C3)c2)csc1=Nc1ccccc1. The van der Waals surface area contributed by atoms with Gasteiger partial charge >= 0.3 is 0 Å². The van der Waals surface area contributed by atoms with E-state index in [9.17, 15) is 8.42 Å². The highest BCUT2D eigenvalue weighted by Gasteiger charge is 2.32. The van der Waals surface area contributed by atoms with Crippen molar-refractivity contribution in [3.8, 4) is 11.3 Å². The number of methoxy groups -OCH3 is 1. The standard InChI is InChI=1S/C24H29N3O4S2/c1-18-15-26(16-19(2)31-18)33(28,29)22-11-7-8-20(14-22)23-17-32-24(27(23)12-13-30-3)25-21-9-5-4-6-10-21/h4-11,14,17-19H,12-13,15-16H2,1-3H3. The molecule has 0 saturated carbocycles. The molecule has 1 aromatic heterocycles. The number of hydrogen-bond donors (Lipinski definition) is 0. The molecule has 2 unspecified atom stereocenters. The molecular formula is C24H29N3O4S2. The molecule has 1 fully saturated rings. The number of aromatic nitrogens is 1. The molecule has 0 radical (unpaired) electrons. The number of para-hydroxylation sites is 1. The fourth-order valence-electron chi connectivity index (χ4n) is 3.95. The van der Waals surface area contributed by atoms with Gasteiger partial charge in [-0.1, -0.05) is 30.3 Å². The zero-order valence-corrected chi connectivity index (χ0v) is 20.7. The molecule has 4 rings (SSSR count). The summed E-state index contributed by atoms with van der Waals surface area (Å²) >= 11 is 1.52. The predicted molar refractivity (Wildman–Crippen MR) is 130 cm³/mol. The fraction of sp³-hybridized carbons (Fsp3) is 0.375. The third kappa shape index (κ3) is 5.44. The maximum Gasteiger partial charge on any atom is 0.243 e. The van der Waals surface area contributed by atoms with Gasteiger partial charge in [0.25, 0.3) is 0 Å². The average molecular weight is 488 g/mol. The lowest BCUT2D eigenvalue weighted by Crippen LogP contribution is -2.48. The first-order chi connectivity index (χ1) is 15.9. The van der Waals surface area contributed by atoms with Gasteiger partial charge in [0.05, 0.1) is 35.1 Å². The van der Waals surface area contributed by atoms with Crippen LogP contribution in [0.4, 0.5) is 5.69 Å². The minimum atomic E-state index is -3.63. The van der Waals surface area contributed by atoms with Crippen molar-refractivity contribution in [1.82, 2.24) is 8.87 Å². The number of morpholine rings is 1. The summed E-state index contributed by atoms with van der Waals surface area (Å²) in [5.41, 5.74) is 2.60. The lowest BCUT2D eigenvalue weighted by molar-refractivity contribution is -0.0440. The molecule has 1 aliphatic rings. The van der Waals surface area contributed by atoms with Gasteiger partial charge in [-0.3, -0.25) is 0 Å². The first-order valence-electron chi connectivity index (χ1n) is 10.9. The molecule has 0 N–H and O–H groups in total. The van der Waals surface area contributed by atoms with Crippen LogP contribution in [0.5, 0.6) is 0 Å². The molecule has 1 saturated heterocycles. The fourth-order valence-corrected chi connectivity index (χ4v) is 6.55. The van der Waals surface area contributed by atoms with E-state index in [1.807, 2.05) is 55.6 Å². The second-order valence-electron chi connectivity index (χ2n) is 8.10. The molecule has 2 heterocycles. The predicted octanol–water partition coefficient (Wildman–Crippen LogP) is 3.89. The van der Waals surface area contributed by atoms with Crippen LogP contribution >= 0.6 is 11.3 Å². The third-order valence-corrected chi connectivity index (χ3v) is 8.14. The van der Waals surface area contributed by atoms with E-state index in [2.05, 4.69) is 4.57 Å². The molecule has 0 bridgehead atoms. The normalized spacial score (nSPS) is 20.3. The molecule has 2 aromatic carbocycles. The second kappa shape index (κ2) is 10.3. The van der Waals surface area contributed by atoms with Gasteiger partial charge in [0.15, 0.2) is 4.80 Å². The van der Waals surface area contributed by atoms with E-state index in [1.54, 1.807) is 25.3 Å². The lowest BCUT2D eigenvalue weighted by Gasteiger charge is -2.34. The van der Waals surface area contributed by atoms with Crippen LogP contribution in [0.25, 0.3) is 11.3 Å². The highest BCUT2D eigenvalue weighted by Crippen LogP contribution is 2.27. The van der Waals surface area contributed by atoms with Crippen molar-refractivity contribution in [2.45, 2.75) is 37.5 Å². The van der Waals surface area contributed by atoms with Crippen molar-refractivity contribution < 1.29 is 17.9 Å². The Kier molecular flexibility index (Phi) is 7.45. The highest BCUT2D eigenvalue weighted by atomic mass is 32.2. The molecular weight excluding hydrogens is 458 g/mol. The smallest absolute Gasteiger partial charge is 0.243 e. The van der Waals surface area contributed by atoms with Crippen LogP contribution in [0, 0.1) is 0 Å². The van der Waals surface area contributed by atoms with Crippen molar-refractivity contribution in [3.63, 3.8) is 0 Å². The number of sulfonamides is 1. The molecule has 7 nitrogen and oxygen atoms in total. The topological polar surface area (TPSA) is 73.1 Å². The van der Waals surface area contributed by atoms with Crippen molar-refractivity contribution in [3.05, 3.63) is 64.8 Å². The first kappa shape index (κ1) is 23.8. The Labute approximate surface area is 199 Å². The Hall–Kier alpha value is -2.30. The molecule has 3 aromatic rings. The molecule has 0 aliphatic carbocycles. The number of thiazole rings is 1. The van der Waals surface area contributed by atoms with Crippen molar-refractivity contribution >= 4 is 27.0 Å². The first-order valence-corrected chi connectivity index (χ1v) is 13.2. The maximum absolute atomic E-state index is 13.4. The summed E-state index contributed by atoms with van der Waals surface area (Å²) in [6.07, 6.45) is -0.274. The van der Waals surface area contributed by atoms with Crippen molar-refractivity contribution in [2.24, 2.45) is 4.99 Å². The summed E-state index contributed by atoms with van der Waals surface area (Å²) in [4.78, 5) is 5.90. The van der Waals surface area contributed by atoms with Crippen LogP contribution in [-0.2, 0) is 26.0 Å². The monoisotopic (exact) mass is 487 g/mol. The van der Waals surface area contributed by atoms with Gasteiger partial charge in [0.2, 0.25) is 10.0 Å². The zero-order valence-electron chi connectivity index (χ0n) is 19.0. The zero-order chi connectivity index (χ0) is 23.4. The van der Waals surface area contributed by atoms with Gasteiger partial charge in [0, 0.05) is 37.7 Å². The molecule has 9 heteroatoms. The largest absolute Gasteiger partial charge is 0.383 e. The minimum absolute atomic E-state index is 0.137. The summed E-state index contributed by atoms with van der Waals surface area (Å²) < 4.78 is 41.4. The quantitative estimate of drug-likeness (QED) is 0.507. The van der Waals surface area contributed by atoms with Crippen LogP contribution in [0.1, 0.15) is 13.8 Å². The lowest BCUT2D eigenvalue weighted by atomic mass is 10.2.